The number of nitrogens with zero attached hydrogens (tertiary/aromatic N) is 3. The van der Waals surface area contributed by atoms with Gasteiger partial charge in [-0.1, -0.05) is 32.0 Å². The van der Waals surface area contributed by atoms with Crippen molar-refractivity contribution in [2.75, 3.05) is 18.5 Å². The van der Waals surface area contributed by atoms with Crippen LogP contribution in [0.25, 0.3) is 11.3 Å². The van der Waals surface area contributed by atoms with Gasteiger partial charge in [0.2, 0.25) is 0 Å². The summed E-state index contributed by atoms with van der Waals surface area (Å²) in [4.78, 5) is 13.1. The van der Waals surface area contributed by atoms with E-state index in [4.69, 9.17) is 4.74 Å². The molecule has 0 aliphatic rings. The molecule has 0 bridgehead atoms. The van der Waals surface area contributed by atoms with Crippen LogP contribution in [-0.2, 0) is 0 Å². The van der Waals surface area contributed by atoms with Crippen molar-refractivity contribution < 1.29 is 4.74 Å². The molecular weight excluding hydrogens is 348 g/mol. The first-order chi connectivity index (χ1) is 13.6. The van der Waals surface area contributed by atoms with Crippen LogP contribution in [0.2, 0.25) is 0 Å². The van der Waals surface area contributed by atoms with E-state index in [9.17, 15) is 0 Å². The van der Waals surface area contributed by atoms with Crippen LogP contribution in [0.5, 0.6) is 5.75 Å². The van der Waals surface area contributed by atoms with E-state index in [-0.39, 0.29) is 0 Å². The van der Waals surface area contributed by atoms with Crippen LogP contribution in [0, 0.1) is 12.8 Å². The van der Waals surface area contributed by atoms with Crippen molar-refractivity contribution in [1.82, 2.24) is 15.0 Å². The summed E-state index contributed by atoms with van der Waals surface area (Å²) in [6.07, 6.45) is 3.44. The van der Waals surface area contributed by atoms with Crippen molar-refractivity contribution in [3.63, 3.8) is 0 Å². The third kappa shape index (κ3) is 4.85. The second kappa shape index (κ2) is 9.31. The molecule has 1 aromatic carbocycles. The minimum absolute atomic E-state index is 0.359. The maximum absolute atomic E-state index is 5.80. The van der Waals surface area contributed by atoms with Gasteiger partial charge in [-0.15, -0.1) is 0 Å². The lowest BCUT2D eigenvalue weighted by Gasteiger charge is -2.23. The van der Waals surface area contributed by atoms with E-state index in [1.54, 1.807) is 6.33 Å². The highest BCUT2D eigenvalue weighted by atomic mass is 16.5. The van der Waals surface area contributed by atoms with E-state index in [1.807, 2.05) is 50.4 Å². The van der Waals surface area contributed by atoms with Crippen LogP contribution < -0.4 is 10.1 Å². The lowest BCUT2D eigenvalue weighted by Crippen LogP contribution is -2.18. The molecule has 1 unspecified atom stereocenters. The molecule has 2 aromatic heterocycles. The van der Waals surface area contributed by atoms with Gasteiger partial charge >= 0.3 is 0 Å². The highest BCUT2D eigenvalue weighted by Crippen LogP contribution is 2.32. The zero-order chi connectivity index (χ0) is 19.9. The van der Waals surface area contributed by atoms with Crippen LogP contribution in [-0.4, -0.2) is 28.1 Å². The first kappa shape index (κ1) is 19.8. The average molecular weight is 377 g/mol. The standard InChI is InChI=1S/C23H28N4O/c1-5-28-22-9-7-6-8-20(22)18(4)16(2)13-25-23-12-21(26-15-27-23)19-11-10-17(3)24-14-19/h6-12,14-16,18H,5,13H2,1-4H3,(H,25,26,27)/t16-,18?/m1/s1. The van der Waals surface area contributed by atoms with Gasteiger partial charge in [-0.25, -0.2) is 9.97 Å². The topological polar surface area (TPSA) is 59.9 Å². The SMILES string of the molecule is CCOc1ccccc1C(C)[C@H](C)CNc1cc(-c2ccc(C)nc2)ncn1. The zero-order valence-corrected chi connectivity index (χ0v) is 17.0. The van der Waals surface area contributed by atoms with Gasteiger partial charge in [-0.05, 0) is 49.4 Å². The normalized spacial score (nSPS) is 13.0. The smallest absolute Gasteiger partial charge is 0.129 e. The summed E-state index contributed by atoms with van der Waals surface area (Å²) >= 11 is 0. The Balaban J connectivity index is 1.67. The van der Waals surface area contributed by atoms with Crippen LogP contribution in [0.15, 0.2) is 55.0 Å². The predicted molar refractivity (Wildman–Crippen MR) is 114 cm³/mol. The Hall–Kier alpha value is -2.95. The molecule has 28 heavy (non-hydrogen) atoms. The maximum atomic E-state index is 5.80. The number of anilines is 1. The van der Waals surface area contributed by atoms with Gasteiger partial charge in [0.25, 0.3) is 0 Å². The Morgan fingerprint density at radius 2 is 1.86 bits per heavy atom. The number of benzene rings is 1. The summed E-state index contributed by atoms with van der Waals surface area (Å²) in [5.74, 6) is 2.56. The van der Waals surface area contributed by atoms with Crippen molar-refractivity contribution in [1.29, 1.82) is 0 Å². The van der Waals surface area contributed by atoms with Crippen LogP contribution in [0.3, 0.4) is 0 Å². The Bertz CT molecular complexity index is 895. The molecule has 0 radical (unpaired) electrons. The molecule has 0 saturated heterocycles. The number of hydrogen-bond acceptors (Lipinski definition) is 5. The molecule has 5 nitrogen and oxygen atoms in total. The molecule has 2 atom stereocenters. The van der Waals surface area contributed by atoms with E-state index in [0.29, 0.717) is 18.4 Å². The fourth-order valence-electron chi connectivity index (χ4n) is 3.12. The van der Waals surface area contributed by atoms with Crippen molar-refractivity contribution >= 4 is 5.82 Å². The van der Waals surface area contributed by atoms with Gasteiger partial charge in [-0.2, -0.15) is 0 Å². The van der Waals surface area contributed by atoms with E-state index < -0.39 is 0 Å². The quantitative estimate of drug-likeness (QED) is 0.593. The molecule has 0 saturated carbocycles. The fraction of sp³-hybridized carbons (Fsp3) is 0.348. The Morgan fingerprint density at radius 1 is 1.04 bits per heavy atom. The molecule has 5 heteroatoms. The number of ether oxygens (including phenoxy) is 1. The minimum atomic E-state index is 0.359. The van der Waals surface area contributed by atoms with Gasteiger partial charge < -0.3 is 10.1 Å². The highest BCUT2D eigenvalue weighted by molar-refractivity contribution is 5.61. The van der Waals surface area contributed by atoms with Crippen LogP contribution in [0.1, 0.15) is 37.9 Å². The lowest BCUT2D eigenvalue weighted by molar-refractivity contribution is 0.331. The Morgan fingerprint density at radius 3 is 2.61 bits per heavy atom. The molecule has 2 heterocycles. The number of aromatic nitrogens is 3. The fourth-order valence-corrected chi connectivity index (χ4v) is 3.12. The molecule has 3 aromatic rings. The third-order valence-electron chi connectivity index (χ3n) is 5.04. The van der Waals surface area contributed by atoms with E-state index in [2.05, 4.69) is 46.2 Å². The van der Waals surface area contributed by atoms with Crippen molar-refractivity contribution in [2.45, 2.75) is 33.6 Å². The summed E-state index contributed by atoms with van der Waals surface area (Å²) in [6.45, 7) is 9.96. The lowest BCUT2D eigenvalue weighted by atomic mass is 9.88. The summed E-state index contributed by atoms with van der Waals surface area (Å²) in [5.41, 5.74) is 4.09. The zero-order valence-electron chi connectivity index (χ0n) is 17.0. The number of rotatable bonds is 8. The first-order valence-corrected chi connectivity index (χ1v) is 9.79. The molecule has 0 fully saturated rings. The number of hydrogen-bond donors (Lipinski definition) is 1. The summed E-state index contributed by atoms with van der Waals surface area (Å²) in [6, 6.07) is 14.3. The van der Waals surface area contributed by atoms with Crippen molar-refractivity contribution in [3.05, 3.63) is 66.2 Å². The first-order valence-electron chi connectivity index (χ1n) is 9.79. The monoisotopic (exact) mass is 376 g/mol. The van der Waals surface area contributed by atoms with Crippen LogP contribution in [0.4, 0.5) is 5.82 Å². The minimum Gasteiger partial charge on any atom is -0.494 e. The predicted octanol–water partition coefficient (Wildman–Crippen LogP) is 5.10. The van der Waals surface area contributed by atoms with Gasteiger partial charge in [0, 0.05) is 30.1 Å². The average Bonchev–Trinajstić information content (AvgIpc) is 2.73. The molecule has 3 rings (SSSR count). The Kier molecular flexibility index (Phi) is 6.58. The second-order valence-electron chi connectivity index (χ2n) is 7.09. The largest absolute Gasteiger partial charge is 0.494 e. The van der Waals surface area contributed by atoms with E-state index >= 15 is 0 Å². The molecule has 146 valence electrons. The number of para-hydroxylation sites is 1. The highest BCUT2D eigenvalue weighted by Gasteiger charge is 2.18. The third-order valence-corrected chi connectivity index (χ3v) is 5.04. The number of pyridine rings is 1. The summed E-state index contributed by atoms with van der Waals surface area (Å²) in [7, 11) is 0. The van der Waals surface area contributed by atoms with E-state index in [1.165, 1.54) is 5.56 Å². The molecule has 1 N–H and O–H groups in total. The van der Waals surface area contributed by atoms with Gasteiger partial charge in [-0.3, -0.25) is 4.98 Å². The van der Waals surface area contributed by atoms with E-state index in [0.717, 1.165) is 35.1 Å². The Labute approximate surface area is 167 Å². The molecule has 0 amide bonds. The van der Waals surface area contributed by atoms with Crippen LogP contribution >= 0.6 is 0 Å². The van der Waals surface area contributed by atoms with Gasteiger partial charge in [0.1, 0.15) is 17.9 Å². The summed E-state index contributed by atoms with van der Waals surface area (Å²) < 4.78 is 5.80. The molecule has 0 aliphatic heterocycles. The van der Waals surface area contributed by atoms with Gasteiger partial charge in [0.05, 0.1) is 12.3 Å². The number of nitrogens with one attached hydrogen (secondary N) is 1. The van der Waals surface area contributed by atoms with Gasteiger partial charge in [0.15, 0.2) is 0 Å². The van der Waals surface area contributed by atoms with Crippen molar-refractivity contribution in [2.24, 2.45) is 5.92 Å². The molecule has 0 aliphatic carbocycles. The number of aryl methyl sites for hydroxylation is 1. The molecular formula is C23H28N4O. The summed E-state index contributed by atoms with van der Waals surface area (Å²) in [5, 5.41) is 3.46. The van der Waals surface area contributed by atoms with Crippen molar-refractivity contribution in [3.8, 4) is 17.0 Å². The second-order valence-corrected chi connectivity index (χ2v) is 7.09. The molecule has 0 spiro atoms. The maximum Gasteiger partial charge on any atom is 0.129 e.